The van der Waals surface area contributed by atoms with Crippen LogP contribution in [-0.2, 0) is 0 Å². The molecule has 0 radical (unpaired) electrons. The van der Waals surface area contributed by atoms with Crippen molar-refractivity contribution in [2.45, 2.75) is 18.9 Å². The zero-order chi connectivity index (χ0) is 16.9. The highest BCUT2D eigenvalue weighted by molar-refractivity contribution is 5.60. The molecule has 122 valence electrons. The fraction of sp³-hybridized carbons (Fsp3) is 0.312. The van der Waals surface area contributed by atoms with Gasteiger partial charge < -0.3 is 10.2 Å². The lowest BCUT2D eigenvalue weighted by Gasteiger charge is -2.34. The molecule has 1 fully saturated rings. The van der Waals surface area contributed by atoms with Crippen LogP contribution in [0.4, 0.5) is 17.2 Å². The van der Waals surface area contributed by atoms with Crippen molar-refractivity contribution in [1.29, 1.82) is 5.26 Å². The molecule has 2 aromatic rings. The van der Waals surface area contributed by atoms with Gasteiger partial charge in [-0.05, 0) is 37.1 Å². The van der Waals surface area contributed by atoms with Gasteiger partial charge in [-0.2, -0.15) is 10.4 Å². The second-order valence-electron chi connectivity index (χ2n) is 5.58. The van der Waals surface area contributed by atoms with Gasteiger partial charge in [-0.15, -0.1) is 5.10 Å². The van der Waals surface area contributed by atoms with Crippen LogP contribution < -0.4 is 10.2 Å². The summed E-state index contributed by atoms with van der Waals surface area (Å²) in [5.74, 6) is 0.762. The molecule has 1 saturated heterocycles. The third-order valence-corrected chi connectivity index (χ3v) is 4.08. The van der Waals surface area contributed by atoms with E-state index in [9.17, 15) is 10.1 Å². The largest absolute Gasteiger partial charge is 0.371 e. The van der Waals surface area contributed by atoms with E-state index in [-0.39, 0.29) is 11.3 Å². The molecule has 0 aliphatic carbocycles. The number of hydrogen-bond acceptors (Lipinski definition) is 7. The number of anilines is 2. The predicted molar refractivity (Wildman–Crippen MR) is 88.7 cm³/mol. The van der Waals surface area contributed by atoms with E-state index in [1.54, 1.807) is 18.3 Å². The molecule has 0 atom stereocenters. The minimum atomic E-state index is -0.528. The van der Waals surface area contributed by atoms with E-state index in [1.807, 2.05) is 18.2 Å². The maximum absolute atomic E-state index is 10.9. The Kier molecular flexibility index (Phi) is 4.52. The topological polar surface area (TPSA) is 108 Å². The molecule has 8 heteroatoms. The number of rotatable bonds is 4. The lowest BCUT2D eigenvalue weighted by atomic mass is 10.0. The molecule has 3 rings (SSSR count). The first kappa shape index (κ1) is 15.7. The van der Waals surface area contributed by atoms with Gasteiger partial charge in [0.05, 0.1) is 4.92 Å². The molecule has 0 spiro atoms. The Morgan fingerprint density at radius 3 is 2.75 bits per heavy atom. The third-order valence-electron chi connectivity index (χ3n) is 4.08. The van der Waals surface area contributed by atoms with Crippen LogP contribution in [0.1, 0.15) is 18.4 Å². The number of nitrogens with zero attached hydrogens (tertiary/aromatic N) is 5. The van der Waals surface area contributed by atoms with Gasteiger partial charge >= 0.3 is 0 Å². The first-order valence-corrected chi connectivity index (χ1v) is 7.65. The number of nitriles is 1. The van der Waals surface area contributed by atoms with Gasteiger partial charge in [0, 0.05) is 37.1 Å². The number of aromatic nitrogens is 2. The number of piperidine rings is 1. The number of hydrogen-bond donors (Lipinski definition) is 1. The van der Waals surface area contributed by atoms with Crippen molar-refractivity contribution in [3.63, 3.8) is 0 Å². The molecule has 1 aromatic heterocycles. The highest BCUT2D eigenvalue weighted by Gasteiger charge is 2.22. The number of nitro groups is 1. The highest BCUT2D eigenvalue weighted by atomic mass is 16.6. The molecule has 24 heavy (non-hydrogen) atoms. The van der Waals surface area contributed by atoms with Gasteiger partial charge in [0.2, 0.25) is 0 Å². The van der Waals surface area contributed by atoms with E-state index >= 15 is 0 Å². The second kappa shape index (κ2) is 6.91. The van der Waals surface area contributed by atoms with Crippen molar-refractivity contribution in [2.75, 3.05) is 23.3 Å². The average molecular weight is 324 g/mol. The molecule has 0 saturated carbocycles. The van der Waals surface area contributed by atoms with E-state index in [4.69, 9.17) is 5.26 Å². The van der Waals surface area contributed by atoms with Crippen LogP contribution in [0.15, 0.2) is 36.5 Å². The Balaban J connectivity index is 1.64. The molecular formula is C16H16N6O2. The van der Waals surface area contributed by atoms with Gasteiger partial charge in [0.1, 0.15) is 17.5 Å². The molecular weight excluding hydrogens is 308 g/mol. The number of nitrogens with one attached hydrogen (secondary N) is 1. The van der Waals surface area contributed by atoms with Gasteiger partial charge in [-0.3, -0.25) is 10.1 Å². The maximum atomic E-state index is 10.9. The number of benzene rings is 1. The van der Waals surface area contributed by atoms with Crippen molar-refractivity contribution < 1.29 is 4.92 Å². The Morgan fingerprint density at radius 1 is 1.33 bits per heavy atom. The van der Waals surface area contributed by atoms with Gasteiger partial charge in [-0.1, -0.05) is 0 Å². The quantitative estimate of drug-likeness (QED) is 0.679. The zero-order valence-electron chi connectivity index (χ0n) is 12.9. The molecule has 0 amide bonds. The van der Waals surface area contributed by atoms with Crippen LogP contribution in [0.5, 0.6) is 0 Å². The smallest absolute Gasteiger partial charge is 0.287 e. The monoisotopic (exact) mass is 324 g/mol. The fourth-order valence-corrected chi connectivity index (χ4v) is 2.84. The zero-order valence-corrected chi connectivity index (χ0v) is 12.9. The van der Waals surface area contributed by atoms with Gasteiger partial charge in [0.15, 0.2) is 0 Å². The first-order chi connectivity index (χ1) is 11.7. The Labute approximate surface area is 138 Å². The molecule has 8 nitrogen and oxygen atoms in total. The van der Waals surface area contributed by atoms with Crippen LogP contribution in [0, 0.1) is 21.4 Å². The van der Waals surface area contributed by atoms with Crippen LogP contribution in [0.2, 0.25) is 0 Å². The SMILES string of the molecule is N#Cc1cc(N2CCC(Nc3cccnn3)CC2)ccc1[N+](=O)[O-]. The third kappa shape index (κ3) is 3.41. The van der Waals surface area contributed by atoms with Crippen molar-refractivity contribution in [3.8, 4) is 6.07 Å². The van der Waals surface area contributed by atoms with Crippen molar-refractivity contribution in [2.24, 2.45) is 0 Å². The van der Waals surface area contributed by atoms with E-state index in [0.717, 1.165) is 37.4 Å². The molecule has 2 heterocycles. The second-order valence-corrected chi connectivity index (χ2v) is 5.58. The van der Waals surface area contributed by atoms with Gasteiger partial charge in [0.25, 0.3) is 5.69 Å². The minimum Gasteiger partial charge on any atom is -0.371 e. The average Bonchev–Trinajstić information content (AvgIpc) is 2.62. The lowest BCUT2D eigenvalue weighted by molar-refractivity contribution is -0.385. The lowest BCUT2D eigenvalue weighted by Crippen LogP contribution is -2.39. The Morgan fingerprint density at radius 2 is 2.12 bits per heavy atom. The molecule has 1 aromatic carbocycles. The van der Waals surface area contributed by atoms with Gasteiger partial charge in [-0.25, -0.2) is 0 Å². The summed E-state index contributed by atoms with van der Waals surface area (Å²) in [6, 6.07) is 10.6. The van der Waals surface area contributed by atoms with E-state index in [1.165, 1.54) is 6.07 Å². The van der Waals surface area contributed by atoms with Crippen LogP contribution in [0.25, 0.3) is 0 Å². The standard InChI is InChI=1S/C16H16N6O2/c17-11-12-10-14(3-4-15(12)22(23)24)21-8-5-13(6-9-21)19-16-2-1-7-18-20-16/h1-4,7,10,13H,5-6,8-9H2,(H,19,20). The summed E-state index contributed by atoms with van der Waals surface area (Å²) < 4.78 is 0. The summed E-state index contributed by atoms with van der Waals surface area (Å²) in [7, 11) is 0. The highest BCUT2D eigenvalue weighted by Crippen LogP contribution is 2.27. The molecule has 1 aliphatic heterocycles. The maximum Gasteiger partial charge on any atom is 0.287 e. The molecule has 1 aliphatic rings. The van der Waals surface area contributed by atoms with Crippen LogP contribution in [-0.4, -0.2) is 34.3 Å². The fourth-order valence-electron chi connectivity index (χ4n) is 2.84. The van der Waals surface area contributed by atoms with E-state index in [2.05, 4.69) is 20.4 Å². The van der Waals surface area contributed by atoms with Crippen LogP contribution in [0.3, 0.4) is 0 Å². The summed E-state index contributed by atoms with van der Waals surface area (Å²) in [4.78, 5) is 12.5. The molecule has 0 unspecified atom stereocenters. The summed E-state index contributed by atoms with van der Waals surface area (Å²) in [6.45, 7) is 1.61. The molecule has 1 N–H and O–H groups in total. The Bertz CT molecular complexity index is 766. The van der Waals surface area contributed by atoms with Crippen LogP contribution >= 0.6 is 0 Å². The predicted octanol–water partition coefficient (Wildman–Crippen LogP) is 2.34. The van der Waals surface area contributed by atoms with Crippen molar-refractivity contribution in [3.05, 3.63) is 52.2 Å². The summed E-state index contributed by atoms with van der Waals surface area (Å²) in [5.41, 5.74) is 0.785. The van der Waals surface area contributed by atoms with Crippen molar-refractivity contribution >= 4 is 17.2 Å². The molecule has 0 bridgehead atoms. The minimum absolute atomic E-state index is 0.0947. The summed E-state index contributed by atoms with van der Waals surface area (Å²) >= 11 is 0. The summed E-state index contributed by atoms with van der Waals surface area (Å²) in [5, 5.41) is 31.2. The Hall–Kier alpha value is -3.21. The summed E-state index contributed by atoms with van der Waals surface area (Å²) in [6.07, 6.45) is 3.46. The van der Waals surface area contributed by atoms with E-state index < -0.39 is 4.92 Å². The van der Waals surface area contributed by atoms with Crippen molar-refractivity contribution in [1.82, 2.24) is 10.2 Å². The number of nitro benzene ring substituents is 1. The first-order valence-electron chi connectivity index (χ1n) is 7.65. The van der Waals surface area contributed by atoms with E-state index in [0.29, 0.717) is 6.04 Å². The normalized spacial score (nSPS) is 14.9.